The van der Waals surface area contributed by atoms with Gasteiger partial charge in [-0.2, -0.15) is 0 Å². The number of oxime groups is 1. The van der Waals surface area contributed by atoms with Crippen LogP contribution in [0.4, 0.5) is 0 Å². The smallest absolute Gasteiger partial charge is 0.472 e. The Kier molecular flexibility index (Phi) is 8.38. The number of hydrogen-bond donors (Lipinski definition) is 3. The molecular formula is C27H29BN2O6. The van der Waals surface area contributed by atoms with E-state index in [0.29, 0.717) is 12.3 Å². The molecule has 0 radical (unpaired) electrons. The number of carbonyl (C=O) groups excluding carboxylic acids is 1. The molecule has 0 spiro atoms. The first-order valence-corrected chi connectivity index (χ1v) is 11.7. The molecule has 3 aromatic carbocycles. The Balaban J connectivity index is 1.38. The molecular weight excluding hydrogens is 459 g/mol. The molecule has 0 fully saturated rings. The molecule has 36 heavy (non-hydrogen) atoms. The van der Waals surface area contributed by atoms with Crippen LogP contribution in [-0.2, 0) is 27.4 Å². The summed E-state index contributed by atoms with van der Waals surface area (Å²) in [6.45, 7) is 0.571. The van der Waals surface area contributed by atoms with Gasteiger partial charge in [-0.1, -0.05) is 65.8 Å². The van der Waals surface area contributed by atoms with E-state index in [9.17, 15) is 4.79 Å². The summed E-state index contributed by atoms with van der Waals surface area (Å²) in [5.41, 5.74) is 3.34. The van der Waals surface area contributed by atoms with Gasteiger partial charge in [0, 0.05) is 12.8 Å². The van der Waals surface area contributed by atoms with Crippen LogP contribution in [0.15, 0.2) is 84.0 Å². The monoisotopic (exact) mass is 488 g/mol. The molecule has 3 N–H and O–H groups in total. The zero-order chi connectivity index (χ0) is 25.4. The fraction of sp³-hybridized carbons (Fsp3) is 0.259. The minimum Gasteiger partial charge on any atom is -0.497 e. The van der Waals surface area contributed by atoms with Gasteiger partial charge in [-0.25, -0.2) is 0 Å². The summed E-state index contributed by atoms with van der Waals surface area (Å²) in [5, 5.41) is 25.0. The quantitative estimate of drug-likeness (QED) is 0.358. The maximum absolute atomic E-state index is 13.0. The average Bonchev–Trinajstić information content (AvgIpc) is 3.31. The number of hydrogen-bond acceptors (Lipinski definition) is 7. The minimum absolute atomic E-state index is 0.204. The van der Waals surface area contributed by atoms with Crippen molar-refractivity contribution in [1.82, 2.24) is 5.32 Å². The van der Waals surface area contributed by atoms with Crippen LogP contribution in [0.1, 0.15) is 17.5 Å². The van der Waals surface area contributed by atoms with Crippen LogP contribution < -0.4 is 10.1 Å². The third-order valence-electron chi connectivity index (χ3n) is 5.90. The molecule has 0 saturated carbocycles. The molecule has 1 heterocycles. The number of rotatable bonds is 11. The van der Waals surface area contributed by atoms with Crippen molar-refractivity contribution in [2.24, 2.45) is 5.16 Å². The lowest BCUT2D eigenvalue weighted by Gasteiger charge is -2.25. The van der Waals surface area contributed by atoms with Crippen molar-refractivity contribution in [3.8, 4) is 16.9 Å². The summed E-state index contributed by atoms with van der Waals surface area (Å²) in [7, 11) is -0.00641. The van der Waals surface area contributed by atoms with E-state index in [1.807, 2.05) is 72.8 Å². The average molecular weight is 488 g/mol. The molecule has 1 atom stereocenters. The second kappa shape index (κ2) is 11.9. The van der Waals surface area contributed by atoms with Crippen LogP contribution in [0.5, 0.6) is 5.75 Å². The van der Waals surface area contributed by atoms with Crippen LogP contribution in [0, 0.1) is 0 Å². The molecule has 1 aliphatic rings. The van der Waals surface area contributed by atoms with Gasteiger partial charge in [-0.3, -0.25) is 4.79 Å². The van der Waals surface area contributed by atoms with Crippen molar-refractivity contribution in [2.75, 3.05) is 20.2 Å². The summed E-state index contributed by atoms with van der Waals surface area (Å²) in [6.07, 6.45) is 0.226. The molecule has 1 amide bonds. The molecule has 0 aromatic heterocycles. The highest BCUT2D eigenvalue weighted by Crippen LogP contribution is 2.29. The van der Waals surface area contributed by atoms with E-state index in [1.54, 1.807) is 7.11 Å². The van der Waals surface area contributed by atoms with Crippen LogP contribution in [-0.4, -0.2) is 54.5 Å². The Morgan fingerprint density at radius 1 is 1.00 bits per heavy atom. The van der Waals surface area contributed by atoms with Gasteiger partial charge in [0.05, 0.1) is 32.5 Å². The zero-order valence-corrected chi connectivity index (χ0v) is 20.1. The summed E-state index contributed by atoms with van der Waals surface area (Å²) in [5.74, 6) is 0.342. The van der Waals surface area contributed by atoms with Crippen molar-refractivity contribution >= 4 is 18.7 Å². The third kappa shape index (κ3) is 6.51. The Morgan fingerprint density at radius 2 is 1.72 bits per heavy atom. The van der Waals surface area contributed by atoms with Gasteiger partial charge < -0.3 is 29.7 Å². The highest BCUT2D eigenvalue weighted by molar-refractivity contribution is 6.41. The first kappa shape index (κ1) is 25.4. The molecule has 0 bridgehead atoms. The van der Waals surface area contributed by atoms with Crippen molar-refractivity contribution in [3.05, 3.63) is 90.0 Å². The maximum Gasteiger partial charge on any atom is 0.472 e. The van der Waals surface area contributed by atoms with Gasteiger partial charge in [0.2, 0.25) is 5.60 Å². The van der Waals surface area contributed by atoms with Crippen LogP contribution >= 0.6 is 0 Å². The topological polar surface area (TPSA) is 110 Å². The molecule has 1 unspecified atom stereocenters. The minimum atomic E-state index is -1.65. The number of carbonyl (C=O) groups is 1. The number of benzene rings is 3. The van der Waals surface area contributed by atoms with Gasteiger partial charge >= 0.3 is 7.12 Å². The lowest BCUT2D eigenvalue weighted by molar-refractivity contribution is -0.143. The van der Waals surface area contributed by atoms with Crippen LogP contribution in [0.3, 0.4) is 0 Å². The van der Waals surface area contributed by atoms with E-state index in [-0.39, 0.29) is 25.9 Å². The Bertz CT molecular complexity index is 1200. The molecule has 8 nitrogen and oxygen atoms in total. The maximum atomic E-state index is 13.0. The fourth-order valence-electron chi connectivity index (χ4n) is 4.12. The highest BCUT2D eigenvalue weighted by atomic mass is 16.7. The van der Waals surface area contributed by atoms with E-state index >= 15 is 0 Å². The van der Waals surface area contributed by atoms with Crippen LogP contribution in [0.25, 0.3) is 11.1 Å². The lowest BCUT2D eigenvalue weighted by atomic mass is 9.87. The largest absolute Gasteiger partial charge is 0.497 e. The Labute approximate surface area is 210 Å². The van der Waals surface area contributed by atoms with E-state index in [1.165, 1.54) is 0 Å². The molecule has 3 aromatic rings. The van der Waals surface area contributed by atoms with E-state index in [4.69, 9.17) is 24.4 Å². The first-order chi connectivity index (χ1) is 17.5. The number of methoxy groups -OCH3 is 1. The Hall–Kier alpha value is -3.66. The van der Waals surface area contributed by atoms with E-state index in [0.717, 1.165) is 28.0 Å². The van der Waals surface area contributed by atoms with Crippen molar-refractivity contribution in [1.29, 1.82) is 0 Å². The molecule has 186 valence electrons. The highest BCUT2D eigenvalue weighted by Gasteiger charge is 2.46. The molecule has 0 aliphatic carbocycles. The standard InChI is InChI=1S/C27H29BN2O6/c1-34-25-12-6-11-23(14-25)22-10-5-9-21(13-22)17-35-18-24-16-27(36-30-24,26(31)29-19-28(32)33)15-20-7-3-2-4-8-20/h2-14,32-33H,15-19H2,1H3,(H,29,31). The lowest BCUT2D eigenvalue weighted by Crippen LogP contribution is -2.51. The van der Waals surface area contributed by atoms with Gasteiger partial charge in [-0.15, -0.1) is 0 Å². The normalized spacial score (nSPS) is 16.7. The van der Waals surface area contributed by atoms with E-state index < -0.39 is 18.6 Å². The zero-order valence-electron chi connectivity index (χ0n) is 20.1. The number of nitrogens with one attached hydrogen (secondary N) is 1. The SMILES string of the molecule is COc1cccc(-c2cccc(COCC3=NOC(Cc4ccccc4)(C(=O)NCB(O)O)C3)c2)c1. The fourth-order valence-corrected chi connectivity index (χ4v) is 4.12. The summed E-state index contributed by atoms with van der Waals surface area (Å²) >= 11 is 0. The van der Waals surface area contributed by atoms with Gasteiger partial charge in [-0.05, 0) is 40.5 Å². The second-order valence-corrected chi connectivity index (χ2v) is 8.70. The van der Waals surface area contributed by atoms with Gasteiger partial charge in [0.25, 0.3) is 5.91 Å². The predicted octanol–water partition coefficient (Wildman–Crippen LogP) is 2.76. The Morgan fingerprint density at radius 3 is 2.47 bits per heavy atom. The molecule has 4 rings (SSSR count). The molecule has 9 heteroatoms. The number of ether oxygens (including phenoxy) is 2. The van der Waals surface area contributed by atoms with Crippen molar-refractivity contribution in [2.45, 2.75) is 25.0 Å². The summed E-state index contributed by atoms with van der Waals surface area (Å²) in [4.78, 5) is 18.6. The van der Waals surface area contributed by atoms with Gasteiger partial charge in [0.1, 0.15) is 5.75 Å². The predicted molar refractivity (Wildman–Crippen MR) is 137 cm³/mol. The van der Waals surface area contributed by atoms with Crippen molar-refractivity contribution < 1.29 is 29.2 Å². The molecule has 1 aliphatic heterocycles. The number of amides is 1. The van der Waals surface area contributed by atoms with Crippen LogP contribution in [0.2, 0.25) is 0 Å². The second-order valence-electron chi connectivity index (χ2n) is 8.70. The van der Waals surface area contributed by atoms with E-state index in [2.05, 4.69) is 16.5 Å². The third-order valence-corrected chi connectivity index (χ3v) is 5.90. The summed E-state index contributed by atoms with van der Waals surface area (Å²) in [6, 6.07) is 25.4. The molecule has 0 saturated heterocycles. The summed E-state index contributed by atoms with van der Waals surface area (Å²) < 4.78 is 11.2. The van der Waals surface area contributed by atoms with Crippen molar-refractivity contribution in [3.63, 3.8) is 0 Å². The van der Waals surface area contributed by atoms with Gasteiger partial charge in [0.15, 0.2) is 0 Å². The number of nitrogens with zero attached hydrogens (tertiary/aromatic N) is 1. The first-order valence-electron chi connectivity index (χ1n) is 11.7.